The van der Waals surface area contributed by atoms with Gasteiger partial charge in [-0.2, -0.15) is 5.10 Å². The van der Waals surface area contributed by atoms with Crippen molar-refractivity contribution in [3.05, 3.63) is 60.7 Å². The highest BCUT2D eigenvalue weighted by atomic mass is 16.4. The summed E-state index contributed by atoms with van der Waals surface area (Å²) in [6, 6.07) is 8.80. The van der Waals surface area contributed by atoms with E-state index in [0.717, 1.165) is 0 Å². The Balaban J connectivity index is 2.15. The zero-order valence-electron chi connectivity index (χ0n) is 10.3. The third-order valence-electron chi connectivity index (χ3n) is 2.78. The molecule has 3 heterocycles. The van der Waals surface area contributed by atoms with Gasteiger partial charge < -0.3 is 5.11 Å². The van der Waals surface area contributed by atoms with Crippen molar-refractivity contribution in [2.75, 3.05) is 0 Å². The molecule has 0 saturated heterocycles. The van der Waals surface area contributed by atoms with Gasteiger partial charge in [-0.15, -0.1) is 0 Å². The molecule has 98 valence electrons. The summed E-state index contributed by atoms with van der Waals surface area (Å²) in [5.41, 5.74) is 1.22. The number of hydrogen-bond donors (Lipinski definition) is 1. The largest absolute Gasteiger partial charge is 0.478 e. The molecular formula is C14H10N4O2. The molecule has 0 aromatic carbocycles. The second-order valence-corrected chi connectivity index (χ2v) is 4.06. The lowest BCUT2D eigenvalue weighted by atomic mass is 10.1. The Kier molecular flexibility index (Phi) is 2.96. The Hall–Kier alpha value is -3.02. The summed E-state index contributed by atoms with van der Waals surface area (Å²) >= 11 is 0. The van der Waals surface area contributed by atoms with Gasteiger partial charge >= 0.3 is 5.97 Å². The fourth-order valence-electron chi connectivity index (χ4n) is 1.86. The van der Waals surface area contributed by atoms with Gasteiger partial charge in [0.1, 0.15) is 11.3 Å². The molecule has 0 spiro atoms. The van der Waals surface area contributed by atoms with E-state index in [9.17, 15) is 9.90 Å². The van der Waals surface area contributed by atoms with E-state index in [0.29, 0.717) is 17.1 Å². The van der Waals surface area contributed by atoms with Crippen molar-refractivity contribution >= 4 is 5.97 Å². The summed E-state index contributed by atoms with van der Waals surface area (Å²) in [4.78, 5) is 19.4. The molecule has 0 aliphatic heterocycles. The van der Waals surface area contributed by atoms with E-state index < -0.39 is 5.97 Å². The lowest BCUT2D eigenvalue weighted by Gasteiger charge is -1.98. The Morgan fingerprint density at radius 3 is 2.55 bits per heavy atom. The lowest BCUT2D eigenvalue weighted by molar-refractivity contribution is 0.0697. The van der Waals surface area contributed by atoms with Crippen LogP contribution in [0.25, 0.3) is 17.1 Å². The number of rotatable bonds is 3. The summed E-state index contributed by atoms with van der Waals surface area (Å²) in [5, 5.41) is 13.6. The van der Waals surface area contributed by atoms with Crippen LogP contribution < -0.4 is 0 Å². The highest BCUT2D eigenvalue weighted by molar-refractivity contribution is 5.94. The first-order valence-corrected chi connectivity index (χ1v) is 5.90. The molecule has 0 saturated carbocycles. The van der Waals surface area contributed by atoms with Crippen LogP contribution in [-0.2, 0) is 0 Å². The van der Waals surface area contributed by atoms with Gasteiger partial charge in [0.15, 0.2) is 5.82 Å². The first-order valence-electron chi connectivity index (χ1n) is 5.90. The zero-order chi connectivity index (χ0) is 13.9. The minimum atomic E-state index is -1.03. The van der Waals surface area contributed by atoms with Gasteiger partial charge in [-0.1, -0.05) is 6.07 Å². The number of carboxylic acid groups (broad SMARTS) is 1. The van der Waals surface area contributed by atoms with Crippen molar-refractivity contribution in [3.8, 4) is 17.1 Å². The molecule has 6 nitrogen and oxygen atoms in total. The van der Waals surface area contributed by atoms with Crippen LogP contribution in [0.15, 0.2) is 55.1 Å². The molecule has 0 unspecified atom stereocenters. The Morgan fingerprint density at radius 2 is 1.90 bits per heavy atom. The van der Waals surface area contributed by atoms with Crippen LogP contribution in [0.1, 0.15) is 10.4 Å². The van der Waals surface area contributed by atoms with Crippen molar-refractivity contribution in [1.82, 2.24) is 19.7 Å². The highest BCUT2D eigenvalue weighted by Crippen LogP contribution is 2.22. The smallest absolute Gasteiger partial charge is 0.339 e. The molecule has 1 N–H and O–H groups in total. The standard InChI is InChI=1S/C14H10N4O2/c19-14(20)11-9-18(12-3-1-2-6-16-12)17-13(11)10-4-7-15-8-5-10/h1-9H,(H,19,20). The fourth-order valence-corrected chi connectivity index (χ4v) is 1.86. The van der Waals surface area contributed by atoms with Crippen molar-refractivity contribution in [2.24, 2.45) is 0 Å². The van der Waals surface area contributed by atoms with Gasteiger partial charge in [-0.25, -0.2) is 14.5 Å². The van der Waals surface area contributed by atoms with E-state index in [-0.39, 0.29) is 5.56 Å². The number of nitrogens with zero attached hydrogens (tertiary/aromatic N) is 4. The number of aromatic nitrogens is 4. The van der Waals surface area contributed by atoms with Crippen LogP contribution in [-0.4, -0.2) is 30.8 Å². The normalized spacial score (nSPS) is 10.4. The Morgan fingerprint density at radius 1 is 1.10 bits per heavy atom. The summed E-state index contributed by atoms with van der Waals surface area (Å²) in [6.45, 7) is 0. The van der Waals surface area contributed by atoms with E-state index in [2.05, 4.69) is 15.1 Å². The molecule has 0 amide bonds. The SMILES string of the molecule is O=C(O)c1cn(-c2ccccn2)nc1-c1ccncc1. The summed E-state index contributed by atoms with van der Waals surface area (Å²) < 4.78 is 1.46. The maximum atomic E-state index is 11.4. The van der Waals surface area contributed by atoms with Crippen LogP contribution in [0, 0.1) is 0 Å². The predicted octanol–water partition coefficient (Wildman–Crippen LogP) is 2.03. The fraction of sp³-hybridized carbons (Fsp3) is 0. The van der Waals surface area contributed by atoms with Gasteiger partial charge in [0.25, 0.3) is 0 Å². The van der Waals surface area contributed by atoms with Gasteiger partial charge in [-0.3, -0.25) is 4.98 Å². The second-order valence-electron chi connectivity index (χ2n) is 4.06. The van der Waals surface area contributed by atoms with E-state index in [4.69, 9.17) is 0 Å². The van der Waals surface area contributed by atoms with Crippen LogP contribution in [0.5, 0.6) is 0 Å². The molecule has 3 rings (SSSR count). The molecular weight excluding hydrogens is 256 g/mol. The first-order chi connectivity index (χ1) is 9.75. The zero-order valence-corrected chi connectivity index (χ0v) is 10.3. The molecule has 0 aliphatic rings. The summed E-state index contributed by atoms with van der Waals surface area (Å²) in [6.07, 6.45) is 6.28. The van der Waals surface area contributed by atoms with Crippen LogP contribution in [0.3, 0.4) is 0 Å². The summed E-state index contributed by atoms with van der Waals surface area (Å²) in [7, 11) is 0. The van der Waals surface area contributed by atoms with Gasteiger partial charge in [0.2, 0.25) is 0 Å². The van der Waals surface area contributed by atoms with Gasteiger partial charge in [0, 0.05) is 30.4 Å². The number of carboxylic acids is 1. The maximum Gasteiger partial charge on any atom is 0.339 e. The summed E-state index contributed by atoms with van der Waals surface area (Å²) in [5.74, 6) is -0.464. The van der Waals surface area contributed by atoms with Crippen molar-refractivity contribution < 1.29 is 9.90 Å². The molecule has 0 atom stereocenters. The van der Waals surface area contributed by atoms with E-state index in [1.165, 1.54) is 10.9 Å². The molecule has 3 aromatic heterocycles. The molecule has 20 heavy (non-hydrogen) atoms. The topological polar surface area (TPSA) is 80.9 Å². The van der Waals surface area contributed by atoms with Gasteiger partial charge in [-0.05, 0) is 24.3 Å². The lowest BCUT2D eigenvalue weighted by Crippen LogP contribution is -1.97. The molecule has 3 aromatic rings. The third-order valence-corrected chi connectivity index (χ3v) is 2.78. The van der Waals surface area contributed by atoms with Crippen molar-refractivity contribution in [2.45, 2.75) is 0 Å². The average Bonchev–Trinajstić information content (AvgIpc) is 2.94. The van der Waals surface area contributed by atoms with E-state index in [1.807, 2.05) is 6.07 Å². The molecule has 6 heteroatoms. The number of carbonyl (C=O) groups is 1. The maximum absolute atomic E-state index is 11.4. The van der Waals surface area contributed by atoms with Crippen LogP contribution in [0.2, 0.25) is 0 Å². The minimum absolute atomic E-state index is 0.127. The number of pyridine rings is 2. The predicted molar refractivity (Wildman–Crippen MR) is 71.5 cm³/mol. The van der Waals surface area contributed by atoms with Crippen LogP contribution in [0.4, 0.5) is 0 Å². The second kappa shape index (κ2) is 4.93. The minimum Gasteiger partial charge on any atom is -0.478 e. The molecule has 0 fully saturated rings. The first kappa shape index (κ1) is 12.0. The number of hydrogen-bond acceptors (Lipinski definition) is 4. The van der Waals surface area contributed by atoms with Gasteiger partial charge in [0.05, 0.1) is 0 Å². The molecule has 0 radical (unpaired) electrons. The quantitative estimate of drug-likeness (QED) is 0.784. The van der Waals surface area contributed by atoms with E-state index in [1.54, 1.807) is 42.9 Å². The molecule has 0 bridgehead atoms. The monoisotopic (exact) mass is 266 g/mol. The third kappa shape index (κ3) is 2.14. The average molecular weight is 266 g/mol. The van der Waals surface area contributed by atoms with E-state index >= 15 is 0 Å². The highest BCUT2D eigenvalue weighted by Gasteiger charge is 2.17. The van der Waals surface area contributed by atoms with Crippen molar-refractivity contribution in [3.63, 3.8) is 0 Å². The Labute approximate surface area is 114 Å². The Bertz CT molecular complexity index is 738. The van der Waals surface area contributed by atoms with Crippen LogP contribution >= 0.6 is 0 Å². The number of aromatic carboxylic acids is 1. The van der Waals surface area contributed by atoms with Crippen molar-refractivity contribution in [1.29, 1.82) is 0 Å². The molecule has 0 aliphatic carbocycles.